The molecule has 0 atom stereocenters. The SMILES string of the molecule is CCC(/C=C1\Sc2ccc(Cl)cc2N1CCCCS(=O)(=O)[O-])=C\c1oc2ccc3ccccc3c2[n+]1CCCS(=O)(=O)O. The van der Waals surface area contributed by atoms with E-state index in [0.29, 0.717) is 42.4 Å². The van der Waals surface area contributed by atoms with Gasteiger partial charge in [0.1, 0.15) is 0 Å². The highest BCUT2D eigenvalue weighted by Crippen LogP contribution is 2.47. The van der Waals surface area contributed by atoms with Crippen LogP contribution in [0.5, 0.6) is 0 Å². The molecular weight excluding hydrogens is 632 g/mol. The first-order valence-corrected chi connectivity index (χ1v) is 18.2. The maximum Gasteiger partial charge on any atom is 0.374 e. The molecule has 4 aromatic rings. The van der Waals surface area contributed by atoms with Crippen LogP contribution in [0.1, 0.15) is 38.5 Å². The summed E-state index contributed by atoms with van der Waals surface area (Å²) in [7, 11) is -8.40. The Morgan fingerprint density at radius 1 is 1.07 bits per heavy atom. The summed E-state index contributed by atoms with van der Waals surface area (Å²) in [6.45, 7) is 2.84. The number of rotatable bonds is 12. The van der Waals surface area contributed by atoms with E-state index < -0.39 is 26.0 Å². The van der Waals surface area contributed by atoms with Crippen LogP contribution in [0.15, 0.2) is 80.6 Å². The Bertz CT molecular complexity index is 1950. The number of oxazole rings is 1. The Balaban J connectivity index is 1.53. The van der Waals surface area contributed by atoms with Gasteiger partial charge in [-0.25, -0.2) is 8.42 Å². The van der Waals surface area contributed by atoms with Gasteiger partial charge < -0.3 is 13.9 Å². The Kier molecular flexibility index (Phi) is 9.55. The summed E-state index contributed by atoms with van der Waals surface area (Å²) < 4.78 is 73.9. The molecule has 0 bridgehead atoms. The van der Waals surface area contributed by atoms with Crippen LogP contribution < -0.4 is 9.47 Å². The summed E-state index contributed by atoms with van der Waals surface area (Å²) in [5, 5.41) is 3.50. The first kappa shape index (κ1) is 31.6. The molecule has 0 saturated carbocycles. The van der Waals surface area contributed by atoms with Crippen molar-refractivity contribution in [2.45, 2.75) is 44.0 Å². The highest BCUT2D eigenvalue weighted by atomic mass is 35.5. The summed E-state index contributed by atoms with van der Waals surface area (Å²) in [6.07, 6.45) is 5.60. The number of thioether (sulfide) groups is 1. The fourth-order valence-corrected chi connectivity index (χ4v) is 7.50. The van der Waals surface area contributed by atoms with Gasteiger partial charge in [-0.15, -0.1) is 0 Å². The van der Waals surface area contributed by atoms with E-state index in [-0.39, 0.29) is 18.6 Å². The molecule has 1 aliphatic heterocycles. The van der Waals surface area contributed by atoms with Gasteiger partial charge in [0.2, 0.25) is 5.58 Å². The lowest BCUT2D eigenvalue weighted by Crippen LogP contribution is -2.36. The molecule has 0 fully saturated rings. The number of fused-ring (bicyclic) bond motifs is 4. The summed E-state index contributed by atoms with van der Waals surface area (Å²) >= 11 is 7.88. The summed E-state index contributed by atoms with van der Waals surface area (Å²) in [5.74, 6) is -0.231. The Labute approximate surface area is 260 Å². The van der Waals surface area contributed by atoms with E-state index in [4.69, 9.17) is 16.0 Å². The van der Waals surface area contributed by atoms with Gasteiger partial charge in [0.05, 0.1) is 38.0 Å². The molecule has 3 aromatic carbocycles. The lowest BCUT2D eigenvalue weighted by atomic mass is 10.1. The number of aryl methyl sites for hydroxylation is 1. The Morgan fingerprint density at radius 2 is 1.86 bits per heavy atom. The highest BCUT2D eigenvalue weighted by Gasteiger charge is 2.27. The average Bonchev–Trinajstić information content (AvgIpc) is 3.46. The predicted octanol–water partition coefficient (Wildman–Crippen LogP) is 6.38. The van der Waals surface area contributed by atoms with E-state index in [9.17, 15) is 25.9 Å². The minimum absolute atomic E-state index is 0.198. The average molecular weight is 663 g/mol. The van der Waals surface area contributed by atoms with Crippen molar-refractivity contribution in [2.24, 2.45) is 0 Å². The smallest absolute Gasteiger partial charge is 0.374 e. The van der Waals surface area contributed by atoms with Crippen molar-refractivity contribution in [2.75, 3.05) is 23.0 Å². The second kappa shape index (κ2) is 13.0. The molecule has 0 amide bonds. The molecule has 2 heterocycles. The van der Waals surface area contributed by atoms with Crippen molar-refractivity contribution in [3.05, 3.63) is 82.2 Å². The van der Waals surface area contributed by atoms with Gasteiger partial charge in [-0.1, -0.05) is 54.6 Å². The molecule has 0 unspecified atom stereocenters. The Morgan fingerprint density at radius 3 is 2.60 bits per heavy atom. The van der Waals surface area contributed by atoms with Crippen LogP contribution in [-0.2, 0) is 26.8 Å². The zero-order valence-electron chi connectivity index (χ0n) is 23.4. The van der Waals surface area contributed by atoms with Crippen molar-refractivity contribution >= 4 is 77.2 Å². The molecule has 13 heteroatoms. The van der Waals surface area contributed by atoms with E-state index in [0.717, 1.165) is 37.5 Å². The van der Waals surface area contributed by atoms with Crippen molar-refractivity contribution in [3.63, 3.8) is 0 Å². The lowest BCUT2D eigenvalue weighted by molar-refractivity contribution is -0.677. The second-order valence-corrected chi connectivity index (χ2v) is 14.8. The Hall–Kier alpha value is -2.87. The van der Waals surface area contributed by atoms with Crippen molar-refractivity contribution in [1.82, 2.24) is 0 Å². The summed E-state index contributed by atoms with van der Waals surface area (Å²) in [5.41, 5.74) is 3.36. The first-order valence-electron chi connectivity index (χ1n) is 13.8. The van der Waals surface area contributed by atoms with E-state index in [1.165, 1.54) is 0 Å². The standard InChI is InChI=1S/C30H31ClN2O7S3/c1-2-21(19-29-32(14-5-6-16-42(34,35)36)25-20-23(31)11-13-27(25)41-29)18-28-33(15-7-17-43(37,38)39)30-24-9-4-3-8-22(24)10-12-26(30)40-28/h3-4,8-13,18-20H,2,5-7,14-17H2,1H3,(H-,34,35,36,37,38,39). The number of nitrogens with zero attached hydrogens (tertiary/aromatic N) is 2. The van der Waals surface area contributed by atoms with Gasteiger partial charge in [0.25, 0.3) is 15.6 Å². The molecule has 0 spiro atoms. The lowest BCUT2D eigenvalue weighted by Gasteiger charge is -2.21. The molecule has 228 valence electrons. The van der Waals surface area contributed by atoms with Crippen molar-refractivity contribution < 1.29 is 34.9 Å². The van der Waals surface area contributed by atoms with Crippen LogP contribution in [0.25, 0.3) is 27.9 Å². The molecular formula is C30H31ClN2O7S3. The molecule has 43 heavy (non-hydrogen) atoms. The fourth-order valence-electron chi connectivity index (χ4n) is 5.13. The van der Waals surface area contributed by atoms with E-state index in [1.807, 2.05) is 72.2 Å². The third-order valence-corrected chi connectivity index (χ3v) is 10.1. The van der Waals surface area contributed by atoms with Gasteiger partial charge in [-0.3, -0.25) is 4.55 Å². The van der Waals surface area contributed by atoms with Gasteiger partial charge in [0.15, 0.2) is 6.54 Å². The molecule has 1 aliphatic rings. The van der Waals surface area contributed by atoms with Crippen molar-refractivity contribution in [1.29, 1.82) is 0 Å². The topological polar surface area (TPSA) is 132 Å². The molecule has 9 nitrogen and oxygen atoms in total. The van der Waals surface area contributed by atoms with Crippen molar-refractivity contribution in [3.8, 4) is 0 Å². The molecule has 1 aromatic heterocycles. The van der Waals surface area contributed by atoms with E-state index >= 15 is 0 Å². The number of anilines is 1. The quantitative estimate of drug-likeness (QED) is 0.104. The third kappa shape index (κ3) is 7.81. The third-order valence-electron chi connectivity index (χ3n) is 7.14. The van der Waals surface area contributed by atoms with Crippen LogP contribution in [0.2, 0.25) is 5.02 Å². The number of hydrogen-bond acceptors (Lipinski definition) is 8. The van der Waals surface area contributed by atoms with Gasteiger partial charge in [-0.05, 0) is 66.6 Å². The van der Waals surface area contributed by atoms with Crippen LogP contribution >= 0.6 is 23.4 Å². The number of hydrogen-bond donors (Lipinski definition) is 1. The maximum atomic E-state index is 11.5. The zero-order chi connectivity index (χ0) is 30.8. The van der Waals surface area contributed by atoms with E-state index in [2.05, 4.69) is 11.0 Å². The highest BCUT2D eigenvalue weighted by molar-refractivity contribution is 8.03. The summed E-state index contributed by atoms with van der Waals surface area (Å²) in [4.78, 5) is 3.09. The van der Waals surface area contributed by atoms with Crippen LogP contribution in [-0.4, -0.2) is 44.0 Å². The van der Waals surface area contributed by atoms with E-state index in [1.54, 1.807) is 11.8 Å². The fraction of sp³-hybridized carbons (Fsp3) is 0.300. The second-order valence-electron chi connectivity index (χ2n) is 10.3. The number of benzene rings is 3. The predicted molar refractivity (Wildman–Crippen MR) is 170 cm³/mol. The normalized spacial score (nSPS) is 15.2. The number of aromatic nitrogens is 1. The largest absolute Gasteiger partial charge is 0.748 e. The number of unbranched alkanes of at least 4 members (excludes halogenated alkanes) is 1. The molecule has 1 N–H and O–H groups in total. The van der Waals surface area contributed by atoms with Crippen LogP contribution in [0, 0.1) is 0 Å². The molecule has 0 radical (unpaired) electrons. The van der Waals surface area contributed by atoms with Gasteiger partial charge in [-0.2, -0.15) is 13.0 Å². The zero-order valence-corrected chi connectivity index (χ0v) is 26.6. The number of allylic oxidation sites excluding steroid dienone is 2. The molecule has 0 aliphatic carbocycles. The van der Waals surface area contributed by atoms with Gasteiger partial charge >= 0.3 is 5.89 Å². The van der Waals surface area contributed by atoms with Gasteiger partial charge in [0, 0.05) is 28.6 Å². The molecule has 5 rings (SSSR count). The van der Waals surface area contributed by atoms with Crippen LogP contribution in [0.4, 0.5) is 5.69 Å². The summed E-state index contributed by atoms with van der Waals surface area (Å²) in [6, 6.07) is 17.4. The van der Waals surface area contributed by atoms with Crippen LogP contribution in [0.3, 0.4) is 0 Å². The number of halogens is 1. The monoisotopic (exact) mass is 662 g/mol. The molecule has 0 saturated heterocycles. The minimum Gasteiger partial charge on any atom is -0.748 e. The minimum atomic E-state index is -4.28. The first-order chi connectivity index (χ1) is 20.4. The maximum absolute atomic E-state index is 11.5.